The van der Waals surface area contributed by atoms with Crippen LogP contribution >= 0.6 is 0 Å². The number of imidazole rings is 2. The Morgan fingerprint density at radius 1 is 0.889 bits per heavy atom. The summed E-state index contributed by atoms with van der Waals surface area (Å²) in [5.74, 6) is 0. The van der Waals surface area contributed by atoms with Crippen LogP contribution in [0.2, 0.25) is 0 Å². The molecule has 8 heteroatoms. The molecule has 1 saturated heterocycles. The van der Waals surface area contributed by atoms with Crippen LogP contribution in [-0.2, 0) is 5.21 Å². The van der Waals surface area contributed by atoms with Crippen molar-refractivity contribution < 1.29 is 5.21 Å². The van der Waals surface area contributed by atoms with Crippen molar-refractivity contribution in [2.24, 2.45) is 0 Å². The highest BCUT2D eigenvalue weighted by Gasteiger charge is 2.55. The summed E-state index contributed by atoms with van der Waals surface area (Å²) >= 11 is 0. The smallest absolute Gasteiger partial charge is 0.106 e. The molecule has 2 aromatic heterocycles. The Kier molecular flexibility index (Phi) is 3.97. The minimum atomic E-state index is -0.930. The van der Waals surface area contributed by atoms with Gasteiger partial charge in [0.2, 0.25) is 0 Å². The monoisotopic (exact) mass is 366 g/mol. The lowest BCUT2D eigenvalue weighted by molar-refractivity contribution is -0.232. The first-order chi connectivity index (χ1) is 12.7. The maximum Gasteiger partial charge on any atom is 0.106 e. The Hall–Kier alpha value is -2.52. The number of hydrogen-bond donors (Lipinski definition) is 0. The molecule has 3 heterocycles. The van der Waals surface area contributed by atoms with E-state index in [2.05, 4.69) is 9.97 Å². The van der Waals surface area contributed by atoms with Crippen molar-refractivity contribution in [3.63, 3.8) is 0 Å². The van der Waals surface area contributed by atoms with Crippen LogP contribution in [0.4, 0.5) is 0 Å². The van der Waals surface area contributed by atoms with Gasteiger partial charge in [0.05, 0.1) is 18.2 Å². The number of benzene rings is 1. The number of aromatic nitrogens is 4. The lowest BCUT2D eigenvalue weighted by Gasteiger charge is -2.44. The largest absolute Gasteiger partial charge is 0.783 e. The van der Waals surface area contributed by atoms with Crippen LogP contribution in [0.25, 0.3) is 11.4 Å². The molecule has 3 aromatic rings. The van der Waals surface area contributed by atoms with Gasteiger partial charge in [-0.3, -0.25) is 0 Å². The molecule has 0 saturated carbocycles. The molecule has 27 heavy (non-hydrogen) atoms. The van der Waals surface area contributed by atoms with E-state index in [1.807, 2.05) is 39.7 Å². The van der Waals surface area contributed by atoms with Gasteiger partial charge in [-0.25, -0.2) is 9.97 Å². The summed E-state index contributed by atoms with van der Waals surface area (Å²) in [7, 11) is 0. The maximum atomic E-state index is 13.1. The number of hydroxylamine groups is 4. The van der Waals surface area contributed by atoms with Gasteiger partial charge in [-0.1, -0.05) is 0 Å². The molecule has 1 radical (unpaired) electrons. The lowest BCUT2D eigenvalue weighted by Crippen LogP contribution is -2.51. The van der Waals surface area contributed by atoms with E-state index in [0.29, 0.717) is 5.56 Å². The Labute approximate surface area is 157 Å². The fraction of sp³-hybridized carbons (Fsp3) is 0.368. The third-order valence-corrected chi connectivity index (χ3v) is 5.87. The number of hydrogen-bond acceptors (Lipinski definition) is 5. The lowest BCUT2D eigenvalue weighted by atomic mass is 9.84. The Morgan fingerprint density at radius 3 is 1.78 bits per heavy atom. The Bertz CT molecular complexity index is 861. The molecule has 141 valence electrons. The minimum absolute atomic E-state index is 0.633. The fourth-order valence-electron chi connectivity index (χ4n) is 3.41. The van der Waals surface area contributed by atoms with E-state index < -0.39 is 17.2 Å². The van der Waals surface area contributed by atoms with Gasteiger partial charge in [-0.05, 0) is 51.5 Å². The minimum Gasteiger partial charge on any atom is -0.783 e. The average molecular weight is 366 g/mol. The molecule has 1 fully saturated rings. The highest BCUT2D eigenvalue weighted by molar-refractivity contribution is 5.49. The summed E-state index contributed by atoms with van der Waals surface area (Å²) in [6.07, 6.45) is 9.45. The Morgan fingerprint density at radius 2 is 1.41 bits per heavy atom. The van der Waals surface area contributed by atoms with Gasteiger partial charge in [0.1, 0.15) is 6.17 Å². The zero-order chi connectivity index (χ0) is 19.4. The molecule has 0 amide bonds. The van der Waals surface area contributed by atoms with Crippen LogP contribution in [0, 0.1) is 5.21 Å². The molecule has 1 aromatic carbocycles. The van der Waals surface area contributed by atoms with Gasteiger partial charge in [0, 0.05) is 41.7 Å². The van der Waals surface area contributed by atoms with Crippen LogP contribution in [0.15, 0.2) is 55.6 Å². The fourth-order valence-corrected chi connectivity index (χ4v) is 3.41. The zero-order valence-corrected chi connectivity index (χ0v) is 15.8. The second-order valence-corrected chi connectivity index (χ2v) is 7.87. The van der Waals surface area contributed by atoms with Crippen LogP contribution in [0.3, 0.4) is 0 Å². The van der Waals surface area contributed by atoms with Gasteiger partial charge >= 0.3 is 0 Å². The van der Waals surface area contributed by atoms with Gasteiger partial charge in [0.25, 0.3) is 0 Å². The molecular weight excluding hydrogens is 344 g/mol. The van der Waals surface area contributed by atoms with E-state index in [-0.39, 0.29) is 0 Å². The number of rotatable bonds is 3. The van der Waals surface area contributed by atoms with E-state index in [9.17, 15) is 10.4 Å². The molecule has 4 rings (SSSR count). The molecule has 0 unspecified atom stereocenters. The van der Waals surface area contributed by atoms with Gasteiger partial charge in [-0.15, -0.1) is 10.3 Å². The molecule has 0 N–H and O–H groups in total. The molecule has 0 spiro atoms. The van der Waals surface area contributed by atoms with E-state index in [4.69, 9.17) is 0 Å². The average Bonchev–Trinajstić information content (AvgIpc) is 3.36. The van der Waals surface area contributed by atoms with Crippen molar-refractivity contribution in [3.05, 3.63) is 66.4 Å². The van der Waals surface area contributed by atoms with Crippen molar-refractivity contribution in [3.8, 4) is 11.4 Å². The topological polar surface area (TPSA) is 85.1 Å². The second kappa shape index (κ2) is 6.00. The molecule has 1 aliphatic rings. The third-order valence-electron chi connectivity index (χ3n) is 5.87. The third kappa shape index (κ3) is 2.61. The van der Waals surface area contributed by atoms with Crippen LogP contribution in [0.5, 0.6) is 0 Å². The summed E-state index contributed by atoms with van der Waals surface area (Å²) in [4.78, 5) is 8.19. The van der Waals surface area contributed by atoms with E-state index in [1.165, 1.54) is 0 Å². The first kappa shape index (κ1) is 17.9. The van der Waals surface area contributed by atoms with Crippen molar-refractivity contribution in [1.82, 2.24) is 29.2 Å². The molecule has 1 aliphatic heterocycles. The summed E-state index contributed by atoms with van der Waals surface area (Å²) < 4.78 is 3.69. The molecular formula is C19H22N6O2-. The van der Waals surface area contributed by atoms with E-state index in [1.54, 1.807) is 52.7 Å². The quantitative estimate of drug-likeness (QED) is 0.711. The van der Waals surface area contributed by atoms with Crippen molar-refractivity contribution in [2.75, 3.05) is 0 Å². The SMILES string of the molecule is CC1(C)N([O])C(c2cc(-n3ccnc3)cc(-n3ccnc3)c2)N([O-])C1(C)C. The first-order valence-corrected chi connectivity index (χ1v) is 8.78. The maximum absolute atomic E-state index is 13.1. The van der Waals surface area contributed by atoms with Gasteiger partial charge < -0.3 is 19.4 Å². The van der Waals surface area contributed by atoms with Gasteiger partial charge in [-0.2, -0.15) is 0 Å². The number of nitrogens with zero attached hydrogens (tertiary/aromatic N) is 6. The zero-order valence-electron chi connectivity index (χ0n) is 15.8. The summed E-state index contributed by atoms with van der Waals surface area (Å²) in [6, 6.07) is 5.68. The van der Waals surface area contributed by atoms with E-state index >= 15 is 0 Å². The van der Waals surface area contributed by atoms with Crippen molar-refractivity contribution >= 4 is 0 Å². The van der Waals surface area contributed by atoms with Crippen LogP contribution in [0.1, 0.15) is 39.4 Å². The predicted molar refractivity (Wildman–Crippen MR) is 99.3 cm³/mol. The van der Waals surface area contributed by atoms with Crippen molar-refractivity contribution in [1.29, 1.82) is 0 Å². The molecule has 0 aliphatic carbocycles. The highest BCUT2D eigenvalue weighted by Crippen LogP contribution is 2.48. The Balaban J connectivity index is 1.88. The normalized spacial score (nSPS) is 22.4. The predicted octanol–water partition coefficient (Wildman–Crippen LogP) is 3.07. The van der Waals surface area contributed by atoms with Crippen LogP contribution < -0.4 is 0 Å². The summed E-state index contributed by atoms with van der Waals surface area (Å²) in [5, 5.41) is 28.0. The standard InChI is InChI=1S/C19H22N6O2/c1-18(2)19(3,4)25(27)17(24(18)26)14-9-15(22-7-5-20-12-22)11-16(10-14)23-8-6-21-13-23/h5-13,17H,1-4H3/q-1. The second-order valence-electron chi connectivity index (χ2n) is 7.87. The molecule has 0 atom stereocenters. The summed E-state index contributed by atoms with van der Waals surface area (Å²) in [5.41, 5.74) is 0.601. The molecule has 8 nitrogen and oxygen atoms in total. The van der Waals surface area contributed by atoms with Crippen LogP contribution in [-0.4, -0.2) is 40.3 Å². The highest BCUT2D eigenvalue weighted by atomic mass is 16.6. The first-order valence-electron chi connectivity index (χ1n) is 8.78. The summed E-state index contributed by atoms with van der Waals surface area (Å²) in [6.45, 7) is 7.23. The van der Waals surface area contributed by atoms with Crippen molar-refractivity contribution in [2.45, 2.75) is 44.9 Å². The molecule has 0 bridgehead atoms. The van der Waals surface area contributed by atoms with Gasteiger partial charge in [0.15, 0.2) is 0 Å². The van der Waals surface area contributed by atoms with E-state index in [0.717, 1.165) is 21.5 Å².